The van der Waals surface area contributed by atoms with Gasteiger partial charge in [-0.05, 0) is 42.0 Å². The van der Waals surface area contributed by atoms with Crippen molar-refractivity contribution in [3.8, 4) is 17.0 Å². The predicted molar refractivity (Wildman–Crippen MR) is 103 cm³/mol. The van der Waals surface area contributed by atoms with E-state index in [0.717, 1.165) is 29.5 Å². The number of anilines is 2. The summed E-state index contributed by atoms with van der Waals surface area (Å²) >= 11 is 0. The number of imidazole rings is 1. The van der Waals surface area contributed by atoms with Crippen LogP contribution in [-0.4, -0.2) is 30.8 Å². The Labute approximate surface area is 148 Å². The average Bonchev–Trinajstić information content (AvgIpc) is 3.01. The van der Waals surface area contributed by atoms with Crippen LogP contribution < -0.4 is 15.0 Å². The average molecular weight is 336 g/mol. The van der Waals surface area contributed by atoms with Crippen molar-refractivity contribution in [2.75, 3.05) is 31.4 Å². The van der Waals surface area contributed by atoms with Crippen molar-refractivity contribution in [3.63, 3.8) is 0 Å². The van der Waals surface area contributed by atoms with Crippen LogP contribution in [0.3, 0.4) is 0 Å². The van der Waals surface area contributed by atoms with E-state index in [1.54, 1.807) is 7.11 Å². The number of ether oxygens (including phenoxy) is 1. The van der Waals surface area contributed by atoms with Crippen molar-refractivity contribution < 1.29 is 4.74 Å². The van der Waals surface area contributed by atoms with Crippen molar-refractivity contribution in [1.29, 1.82) is 0 Å². The molecule has 1 aromatic heterocycles. The highest BCUT2D eigenvalue weighted by Gasteiger charge is 2.08. The molecule has 0 aliphatic carbocycles. The number of benzene rings is 2. The zero-order valence-electron chi connectivity index (χ0n) is 15.2. The van der Waals surface area contributed by atoms with Gasteiger partial charge in [0, 0.05) is 38.9 Å². The monoisotopic (exact) mass is 336 g/mol. The van der Waals surface area contributed by atoms with Crippen molar-refractivity contribution in [3.05, 3.63) is 60.3 Å². The van der Waals surface area contributed by atoms with Gasteiger partial charge in [0.1, 0.15) is 5.75 Å². The van der Waals surface area contributed by atoms with Gasteiger partial charge in [-0.3, -0.25) is 0 Å². The van der Waals surface area contributed by atoms with Crippen molar-refractivity contribution in [2.24, 2.45) is 7.05 Å². The fourth-order valence-electron chi connectivity index (χ4n) is 2.70. The maximum absolute atomic E-state index is 5.21. The highest BCUT2D eigenvalue weighted by Crippen LogP contribution is 2.24. The van der Waals surface area contributed by atoms with E-state index in [0.29, 0.717) is 0 Å². The number of methoxy groups -OCH3 is 1. The lowest BCUT2D eigenvalue weighted by molar-refractivity contribution is 0.415. The van der Waals surface area contributed by atoms with Crippen LogP contribution in [0.4, 0.5) is 11.6 Å². The summed E-state index contributed by atoms with van der Waals surface area (Å²) < 4.78 is 7.28. The van der Waals surface area contributed by atoms with E-state index in [4.69, 9.17) is 4.74 Å². The number of rotatable bonds is 6. The molecule has 2 aromatic carbocycles. The Hall–Kier alpha value is -2.95. The molecule has 0 amide bonds. The van der Waals surface area contributed by atoms with E-state index < -0.39 is 0 Å². The third kappa shape index (κ3) is 3.76. The zero-order valence-corrected chi connectivity index (χ0v) is 15.2. The molecule has 0 radical (unpaired) electrons. The van der Waals surface area contributed by atoms with E-state index in [9.17, 15) is 0 Å². The predicted octanol–water partition coefficient (Wildman–Crippen LogP) is 3.77. The molecular formula is C20H24N4O. The summed E-state index contributed by atoms with van der Waals surface area (Å²) in [6, 6.07) is 16.5. The Morgan fingerprint density at radius 2 is 1.72 bits per heavy atom. The molecule has 25 heavy (non-hydrogen) atoms. The minimum absolute atomic E-state index is 0.737. The summed E-state index contributed by atoms with van der Waals surface area (Å²) in [5.41, 5.74) is 4.59. The first-order valence-corrected chi connectivity index (χ1v) is 8.25. The fraction of sp³-hybridized carbons (Fsp3) is 0.250. The summed E-state index contributed by atoms with van der Waals surface area (Å²) in [6.45, 7) is 0.737. The topological polar surface area (TPSA) is 42.3 Å². The Morgan fingerprint density at radius 3 is 2.32 bits per heavy atom. The first-order valence-electron chi connectivity index (χ1n) is 8.25. The number of hydrogen-bond acceptors (Lipinski definition) is 4. The molecule has 5 heteroatoms. The standard InChI is InChI=1S/C20H24N4O/c1-23(2)17-9-5-15(6-10-17)13-21-20-22-14-19(24(20)3)16-7-11-18(25-4)12-8-16/h5-12,14H,13H2,1-4H3,(H,21,22). The summed E-state index contributed by atoms with van der Waals surface area (Å²) in [6.07, 6.45) is 1.89. The van der Waals surface area contributed by atoms with Crippen LogP contribution in [0, 0.1) is 0 Å². The molecule has 130 valence electrons. The molecule has 3 aromatic rings. The largest absolute Gasteiger partial charge is 0.497 e. The third-order valence-corrected chi connectivity index (χ3v) is 4.28. The van der Waals surface area contributed by atoms with E-state index in [-0.39, 0.29) is 0 Å². The zero-order chi connectivity index (χ0) is 17.8. The van der Waals surface area contributed by atoms with Gasteiger partial charge in [-0.25, -0.2) is 4.98 Å². The molecule has 0 atom stereocenters. The van der Waals surface area contributed by atoms with Crippen LogP contribution in [0.1, 0.15) is 5.56 Å². The second-order valence-electron chi connectivity index (χ2n) is 6.17. The number of nitrogens with zero attached hydrogens (tertiary/aromatic N) is 3. The van der Waals surface area contributed by atoms with Gasteiger partial charge in [-0.15, -0.1) is 0 Å². The van der Waals surface area contributed by atoms with E-state index >= 15 is 0 Å². The quantitative estimate of drug-likeness (QED) is 0.744. The normalized spacial score (nSPS) is 10.6. The van der Waals surface area contributed by atoms with Crippen LogP contribution in [0.15, 0.2) is 54.7 Å². The van der Waals surface area contributed by atoms with Crippen LogP contribution in [0.25, 0.3) is 11.3 Å². The summed E-state index contributed by atoms with van der Waals surface area (Å²) in [7, 11) is 7.78. The SMILES string of the molecule is COc1ccc(-c2cnc(NCc3ccc(N(C)C)cc3)n2C)cc1. The Bertz CT molecular complexity index is 820. The molecule has 0 saturated carbocycles. The number of hydrogen-bond donors (Lipinski definition) is 1. The van der Waals surface area contributed by atoms with E-state index in [1.165, 1.54) is 11.3 Å². The van der Waals surface area contributed by atoms with Crippen molar-refractivity contribution >= 4 is 11.6 Å². The summed E-state index contributed by atoms with van der Waals surface area (Å²) in [5.74, 6) is 1.70. The summed E-state index contributed by atoms with van der Waals surface area (Å²) in [4.78, 5) is 6.60. The van der Waals surface area contributed by atoms with Crippen LogP contribution in [0.2, 0.25) is 0 Å². The van der Waals surface area contributed by atoms with Gasteiger partial charge in [-0.2, -0.15) is 0 Å². The van der Waals surface area contributed by atoms with Gasteiger partial charge < -0.3 is 19.5 Å². The van der Waals surface area contributed by atoms with Gasteiger partial charge in [-0.1, -0.05) is 12.1 Å². The highest BCUT2D eigenvalue weighted by atomic mass is 16.5. The number of aromatic nitrogens is 2. The van der Waals surface area contributed by atoms with Gasteiger partial charge in [0.2, 0.25) is 5.95 Å². The van der Waals surface area contributed by atoms with Gasteiger partial charge in [0.05, 0.1) is 19.0 Å². The molecule has 0 unspecified atom stereocenters. The lowest BCUT2D eigenvalue weighted by Crippen LogP contribution is -2.09. The first-order chi connectivity index (χ1) is 12.1. The molecule has 5 nitrogen and oxygen atoms in total. The fourth-order valence-corrected chi connectivity index (χ4v) is 2.70. The molecule has 1 N–H and O–H groups in total. The Morgan fingerprint density at radius 1 is 1.04 bits per heavy atom. The van der Waals surface area contributed by atoms with Crippen LogP contribution in [-0.2, 0) is 13.6 Å². The second kappa shape index (κ2) is 7.30. The lowest BCUT2D eigenvalue weighted by atomic mass is 10.1. The molecular weight excluding hydrogens is 312 g/mol. The highest BCUT2D eigenvalue weighted by molar-refractivity contribution is 5.62. The smallest absolute Gasteiger partial charge is 0.203 e. The van der Waals surface area contributed by atoms with Crippen molar-refractivity contribution in [1.82, 2.24) is 9.55 Å². The van der Waals surface area contributed by atoms with Crippen LogP contribution >= 0.6 is 0 Å². The Balaban J connectivity index is 1.70. The first kappa shape index (κ1) is 16.9. The van der Waals surface area contributed by atoms with E-state index in [1.807, 2.05) is 51.6 Å². The lowest BCUT2D eigenvalue weighted by Gasteiger charge is -2.13. The molecule has 0 saturated heterocycles. The molecule has 3 rings (SSSR count). The molecule has 0 fully saturated rings. The molecule has 1 heterocycles. The van der Waals surface area contributed by atoms with Crippen molar-refractivity contribution in [2.45, 2.75) is 6.54 Å². The van der Waals surface area contributed by atoms with Gasteiger partial charge >= 0.3 is 0 Å². The maximum Gasteiger partial charge on any atom is 0.203 e. The molecule has 0 spiro atoms. The molecule has 0 aliphatic rings. The Kier molecular flexibility index (Phi) is 4.93. The second-order valence-corrected chi connectivity index (χ2v) is 6.17. The third-order valence-electron chi connectivity index (χ3n) is 4.28. The molecule has 0 aliphatic heterocycles. The number of nitrogens with one attached hydrogen (secondary N) is 1. The summed E-state index contributed by atoms with van der Waals surface area (Å²) in [5, 5.41) is 3.40. The molecule has 0 bridgehead atoms. The van der Waals surface area contributed by atoms with Crippen LogP contribution in [0.5, 0.6) is 5.75 Å². The van der Waals surface area contributed by atoms with Gasteiger partial charge in [0.15, 0.2) is 0 Å². The minimum atomic E-state index is 0.737. The van der Waals surface area contributed by atoms with Gasteiger partial charge in [0.25, 0.3) is 0 Å². The minimum Gasteiger partial charge on any atom is -0.497 e. The maximum atomic E-state index is 5.21. The van der Waals surface area contributed by atoms with E-state index in [2.05, 4.69) is 44.0 Å².